The predicted octanol–water partition coefficient (Wildman–Crippen LogP) is 1.85. The molecule has 6 nitrogen and oxygen atoms in total. The van der Waals surface area contributed by atoms with Crippen LogP contribution in [-0.2, 0) is 22.6 Å². The smallest absolute Gasteiger partial charge is 0.227 e. The van der Waals surface area contributed by atoms with Gasteiger partial charge in [0.2, 0.25) is 11.8 Å². The maximum atomic E-state index is 12.9. The molecule has 0 saturated carbocycles. The highest BCUT2D eigenvalue weighted by atomic mass is 16.5. The largest absolute Gasteiger partial charge is 0.493 e. The molecule has 1 fully saturated rings. The molecule has 0 N–H and O–H groups in total. The topological polar surface area (TPSA) is 59.1 Å². The number of piperidine rings is 1. The number of ether oxygens (including phenoxy) is 2. The second-order valence-corrected chi connectivity index (χ2v) is 6.79. The molecule has 2 amide bonds. The van der Waals surface area contributed by atoms with Gasteiger partial charge in [-0.1, -0.05) is 0 Å². The van der Waals surface area contributed by atoms with E-state index in [0.717, 1.165) is 37.1 Å². The fraction of sp³-hybridized carbons (Fsp3) is 0.579. The third kappa shape index (κ3) is 3.57. The van der Waals surface area contributed by atoms with Gasteiger partial charge in [-0.05, 0) is 42.5 Å². The standard InChI is InChI=1S/C19H26N2O4/c1-13(22)20-7-4-5-15(11-20)19(23)21-8-6-14-9-17(24-2)18(25-3)10-16(14)12-21/h9-10,15H,4-8,11-12H2,1-3H3/t15-/m1/s1. The molecular formula is C19H26N2O4. The zero-order valence-corrected chi connectivity index (χ0v) is 15.2. The molecule has 6 heteroatoms. The van der Waals surface area contributed by atoms with E-state index in [1.807, 2.05) is 17.0 Å². The summed E-state index contributed by atoms with van der Waals surface area (Å²) in [5, 5.41) is 0. The highest BCUT2D eigenvalue weighted by molar-refractivity contribution is 5.81. The number of nitrogens with zero attached hydrogens (tertiary/aromatic N) is 2. The highest BCUT2D eigenvalue weighted by Crippen LogP contribution is 2.34. The lowest BCUT2D eigenvalue weighted by atomic mass is 9.93. The molecule has 2 heterocycles. The lowest BCUT2D eigenvalue weighted by molar-refractivity contribution is -0.140. The van der Waals surface area contributed by atoms with Gasteiger partial charge in [0, 0.05) is 33.1 Å². The van der Waals surface area contributed by atoms with Gasteiger partial charge in [0.15, 0.2) is 11.5 Å². The predicted molar refractivity (Wildman–Crippen MR) is 93.6 cm³/mol. The molecule has 136 valence electrons. The quantitative estimate of drug-likeness (QED) is 0.838. The number of rotatable bonds is 3. The Kier molecular flexibility index (Phi) is 5.16. The lowest BCUT2D eigenvalue weighted by Gasteiger charge is -2.36. The van der Waals surface area contributed by atoms with E-state index >= 15 is 0 Å². The van der Waals surface area contributed by atoms with Crippen molar-refractivity contribution in [1.82, 2.24) is 9.80 Å². The number of carbonyl (C=O) groups is 2. The van der Waals surface area contributed by atoms with Crippen molar-refractivity contribution in [3.05, 3.63) is 23.3 Å². The van der Waals surface area contributed by atoms with E-state index in [1.54, 1.807) is 26.0 Å². The summed E-state index contributed by atoms with van der Waals surface area (Å²) in [6.45, 7) is 4.18. The molecule has 0 aliphatic carbocycles. The van der Waals surface area contributed by atoms with Gasteiger partial charge in [0.1, 0.15) is 0 Å². The molecule has 1 atom stereocenters. The highest BCUT2D eigenvalue weighted by Gasteiger charge is 2.32. The molecular weight excluding hydrogens is 320 g/mol. The maximum absolute atomic E-state index is 12.9. The number of carbonyl (C=O) groups excluding carboxylic acids is 2. The normalized spacial score (nSPS) is 20.0. The van der Waals surface area contributed by atoms with Crippen molar-refractivity contribution >= 4 is 11.8 Å². The Morgan fingerprint density at radius 1 is 1.04 bits per heavy atom. The van der Waals surface area contributed by atoms with Crippen molar-refractivity contribution in [3.63, 3.8) is 0 Å². The van der Waals surface area contributed by atoms with Crippen molar-refractivity contribution in [2.75, 3.05) is 33.9 Å². The van der Waals surface area contributed by atoms with Gasteiger partial charge >= 0.3 is 0 Å². The third-order valence-corrected chi connectivity index (χ3v) is 5.25. The van der Waals surface area contributed by atoms with E-state index in [9.17, 15) is 9.59 Å². The van der Waals surface area contributed by atoms with E-state index in [0.29, 0.717) is 25.4 Å². The molecule has 0 bridgehead atoms. The van der Waals surface area contributed by atoms with Gasteiger partial charge in [0.05, 0.1) is 20.1 Å². The second kappa shape index (κ2) is 7.33. The zero-order valence-electron chi connectivity index (χ0n) is 15.2. The fourth-order valence-corrected chi connectivity index (χ4v) is 3.79. The van der Waals surface area contributed by atoms with Crippen LogP contribution in [0.1, 0.15) is 30.9 Å². The minimum atomic E-state index is -0.0839. The van der Waals surface area contributed by atoms with Crippen LogP contribution < -0.4 is 9.47 Å². The average Bonchev–Trinajstić information content (AvgIpc) is 2.65. The summed E-state index contributed by atoms with van der Waals surface area (Å²) in [4.78, 5) is 28.3. The van der Waals surface area contributed by atoms with E-state index in [-0.39, 0.29) is 17.7 Å². The van der Waals surface area contributed by atoms with E-state index < -0.39 is 0 Å². The van der Waals surface area contributed by atoms with Crippen LogP contribution in [0.3, 0.4) is 0 Å². The molecule has 1 saturated heterocycles. The number of methoxy groups -OCH3 is 2. The van der Waals surface area contributed by atoms with Gasteiger partial charge in [-0.2, -0.15) is 0 Å². The Morgan fingerprint density at radius 3 is 2.36 bits per heavy atom. The van der Waals surface area contributed by atoms with E-state index in [4.69, 9.17) is 9.47 Å². The van der Waals surface area contributed by atoms with Gasteiger partial charge in [0.25, 0.3) is 0 Å². The first-order valence-corrected chi connectivity index (χ1v) is 8.81. The summed E-state index contributed by atoms with van der Waals surface area (Å²) < 4.78 is 10.7. The molecule has 2 aliphatic heterocycles. The number of amides is 2. The van der Waals surface area contributed by atoms with Crippen LogP contribution in [-0.4, -0.2) is 55.5 Å². The maximum Gasteiger partial charge on any atom is 0.227 e. The van der Waals surface area contributed by atoms with Crippen LogP contribution in [0, 0.1) is 5.92 Å². The van der Waals surface area contributed by atoms with Gasteiger partial charge < -0.3 is 19.3 Å². The number of benzene rings is 1. The Bertz CT molecular complexity index is 674. The van der Waals surface area contributed by atoms with Crippen molar-refractivity contribution in [1.29, 1.82) is 0 Å². The van der Waals surface area contributed by atoms with Crippen LogP contribution in [0.2, 0.25) is 0 Å². The Hall–Kier alpha value is -2.24. The number of likely N-dealkylation sites (tertiary alicyclic amines) is 1. The third-order valence-electron chi connectivity index (χ3n) is 5.25. The Morgan fingerprint density at radius 2 is 1.72 bits per heavy atom. The van der Waals surface area contributed by atoms with Crippen molar-refractivity contribution in [3.8, 4) is 11.5 Å². The van der Waals surface area contributed by atoms with Gasteiger partial charge in [-0.15, -0.1) is 0 Å². The van der Waals surface area contributed by atoms with Gasteiger partial charge in [-0.3, -0.25) is 9.59 Å². The lowest BCUT2D eigenvalue weighted by Crippen LogP contribution is -2.47. The van der Waals surface area contributed by atoms with Gasteiger partial charge in [-0.25, -0.2) is 0 Å². The summed E-state index contributed by atoms with van der Waals surface area (Å²) in [5.74, 6) is 1.55. The molecule has 3 rings (SSSR count). The molecule has 25 heavy (non-hydrogen) atoms. The zero-order chi connectivity index (χ0) is 18.0. The number of hydrogen-bond acceptors (Lipinski definition) is 4. The summed E-state index contributed by atoms with van der Waals surface area (Å²) in [6.07, 6.45) is 2.56. The first-order chi connectivity index (χ1) is 12.0. The number of fused-ring (bicyclic) bond motifs is 1. The summed E-state index contributed by atoms with van der Waals surface area (Å²) in [7, 11) is 3.25. The molecule has 1 aromatic carbocycles. The minimum Gasteiger partial charge on any atom is -0.493 e. The van der Waals surface area contributed by atoms with Crippen LogP contribution in [0.4, 0.5) is 0 Å². The van der Waals surface area contributed by atoms with Crippen molar-refractivity contribution in [2.45, 2.75) is 32.7 Å². The van der Waals surface area contributed by atoms with Crippen molar-refractivity contribution in [2.24, 2.45) is 5.92 Å². The monoisotopic (exact) mass is 346 g/mol. The molecule has 1 aromatic rings. The Labute approximate surface area is 148 Å². The SMILES string of the molecule is COc1cc2c(cc1OC)CN(C(=O)[C@@H]1CCCN(C(C)=O)C1)CC2. The van der Waals surface area contributed by atoms with Crippen LogP contribution >= 0.6 is 0 Å². The van der Waals surface area contributed by atoms with Crippen LogP contribution in [0.25, 0.3) is 0 Å². The first kappa shape index (κ1) is 17.6. The first-order valence-electron chi connectivity index (χ1n) is 8.81. The molecule has 0 spiro atoms. The second-order valence-electron chi connectivity index (χ2n) is 6.79. The molecule has 2 aliphatic rings. The minimum absolute atomic E-state index is 0.0540. The van der Waals surface area contributed by atoms with Crippen molar-refractivity contribution < 1.29 is 19.1 Å². The fourth-order valence-electron chi connectivity index (χ4n) is 3.79. The van der Waals surface area contributed by atoms with E-state index in [1.165, 1.54) is 5.56 Å². The van der Waals surface area contributed by atoms with Crippen LogP contribution in [0.5, 0.6) is 11.5 Å². The molecule has 0 unspecified atom stereocenters. The van der Waals surface area contributed by atoms with E-state index in [2.05, 4.69) is 0 Å². The molecule has 0 aromatic heterocycles. The summed E-state index contributed by atoms with van der Waals surface area (Å²) in [5.41, 5.74) is 2.31. The summed E-state index contributed by atoms with van der Waals surface area (Å²) in [6, 6.07) is 3.98. The number of hydrogen-bond donors (Lipinski definition) is 0. The molecule has 0 radical (unpaired) electrons. The van der Waals surface area contributed by atoms with Crippen LogP contribution in [0.15, 0.2) is 12.1 Å². The Balaban J connectivity index is 1.73. The summed E-state index contributed by atoms with van der Waals surface area (Å²) >= 11 is 0. The average molecular weight is 346 g/mol.